The van der Waals surface area contributed by atoms with Crippen molar-refractivity contribution in [3.05, 3.63) is 46.9 Å². The lowest BCUT2D eigenvalue weighted by molar-refractivity contribution is 0.0805. The second-order valence-electron chi connectivity index (χ2n) is 8.71. The molecule has 4 aromatic rings. The van der Waals surface area contributed by atoms with E-state index < -0.39 is 0 Å². The maximum absolute atomic E-state index is 13.0. The predicted octanol–water partition coefficient (Wildman–Crippen LogP) is 2.61. The average Bonchev–Trinajstić information content (AvgIpc) is 3.59. The zero-order valence-corrected chi connectivity index (χ0v) is 21.2. The minimum Gasteiger partial charge on any atom is -0.393 e. The van der Waals surface area contributed by atoms with Crippen molar-refractivity contribution in [3.63, 3.8) is 0 Å². The number of amides is 2. The van der Waals surface area contributed by atoms with E-state index in [0.29, 0.717) is 22.0 Å². The molecule has 0 spiro atoms. The standard InChI is InChI=1S/C23H27N7O3S2/c1-14-9-18(21(33)24-5-8-29-6-3-16(31)4-7-29)34-22(14)27-20(32)17-11-26-30-13-19(35-23(17)30)15-10-25-28(2)12-15/h9-13,16,31H,3-8H2,1-2H3,(H,24,33)(H,27,32). The van der Waals surface area contributed by atoms with Crippen LogP contribution in [0.3, 0.4) is 0 Å². The molecule has 0 saturated carbocycles. The van der Waals surface area contributed by atoms with Gasteiger partial charge in [0.2, 0.25) is 0 Å². The number of anilines is 1. The van der Waals surface area contributed by atoms with Crippen LogP contribution in [0.15, 0.2) is 30.9 Å². The molecule has 0 atom stereocenters. The van der Waals surface area contributed by atoms with Crippen molar-refractivity contribution in [1.29, 1.82) is 0 Å². The summed E-state index contributed by atoms with van der Waals surface area (Å²) in [5.41, 5.74) is 2.29. The van der Waals surface area contributed by atoms with Crippen LogP contribution in [-0.4, -0.2) is 73.5 Å². The summed E-state index contributed by atoms with van der Waals surface area (Å²) in [5, 5.41) is 24.7. The van der Waals surface area contributed by atoms with Gasteiger partial charge >= 0.3 is 0 Å². The third-order valence-corrected chi connectivity index (χ3v) is 8.38. The van der Waals surface area contributed by atoms with E-state index >= 15 is 0 Å². The number of aryl methyl sites for hydroxylation is 2. The monoisotopic (exact) mass is 513 g/mol. The van der Waals surface area contributed by atoms with Gasteiger partial charge in [0.15, 0.2) is 0 Å². The topological polar surface area (TPSA) is 117 Å². The third-order valence-electron chi connectivity index (χ3n) is 6.07. The lowest BCUT2D eigenvalue weighted by Crippen LogP contribution is -2.40. The second kappa shape index (κ2) is 9.90. The van der Waals surface area contributed by atoms with Crippen LogP contribution in [0.2, 0.25) is 0 Å². The first-order valence-electron chi connectivity index (χ1n) is 11.4. The highest BCUT2D eigenvalue weighted by Gasteiger charge is 2.20. The number of thiophene rings is 1. The summed E-state index contributed by atoms with van der Waals surface area (Å²) in [4.78, 5) is 30.2. The number of likely N-dealkylation sites (tertiary alicyclic amines) is 1. The Kier molecular flexibility index (Phi) is 6.69. The van der Waals surface area contributed by atoms with Crippen molar-refractivity contribution < 1.29 is 14.7 Å². The van der Waals surface area contributed by atoms with Crippen LogP contribution < -0.4 is 10.6 Å². The molecule has 35 heavy (non-hydrogen) atoms. The molecule has 1 saturated heterocycles. The zero-order chi connectivity index (χ0) is 24.5. The van der Waals surface area contributed by atoms with Crippen LogP contribution in [0, 0.1) is 6.92 Å². The Hall–Kier alpha value is -3.06. The Balaban J connectivity index is 1.21. The van der Waals surface area contributed by atoms with E-state index in [1.807, 2.05) is 26.4 Å². The number of aliphatic hydroxyl groups is 1. The highest BCUT2D eigenvalue weighted by molar-refractivity contribution is 7.21. The van der Waals surface area contributed by atoms with Crippen molar-refractivity contribution in [2.75, 3.05) is 31.5 Å². The molecule has 4 aromatic heterocycles. The number of fused-ring (bicyclic) bond motifs is 1. The highest BCUT2D eigenvalue weighted by Crippen LogP contribution is 2.32. The molecule has 1 aliphatic rings. The molecule has 3 N–H and O–H groups in total. The molecule has 5 rings (SSSR count). The number of piperidine rings is 1. The van der Waals surface area contributed by atoms with Gasteiger partial charge in [0, 0.05) is 51.2 Å². The number of carbonyl (C=O) groups excluding carboxylic acids is 2. The predicted molar refractivity (Wildman–Crippen MR) is 136 cm³/mol. The summed E-state index contributed by atoms with van der Waals surface area (Å²) in [6.07, 6.45) is 8.50. The summed E-state index contributed by atoms with van der Waals surface area (Å²) in [6, 6.07) is 1.80. The summed E-state index contributed by atoms with van der Waals surface area (Å²) in [7, 11) is 1.86. The Morgan fingerprint density at radius 1 is 1.14 bits per heavy atom. The molecular formula is C23H27N7O3S2. The van der Waals surface area contributed by atoms with Gasteiger partial charge in [0.1, 0.15) is 4.83 Å². The number of thiazole rings is 1. The molecule has 12 heteroatoms. The number of carbonyl (C=O) groups is 2. The largest absolute Gasteiger partial charge is 0.393 e. The number of hydrogen-bond acceptors (Lipinski definition) is 8. The molecule has 0 aromatic carbocycles. The van der Waals surface area contributed by atoms with Crippen LogP contribution in [0.5, 0.6) is 0 Å². The molecule has 0 radical (unpaired) electrons. The van der Waals surface area contributed by atoms with E-state index in [-0.39, 0.29) is 17.9 Å². The zero-order valence-electron chi connectivity index (χ0n) is 19.5. The Bertz CT molecular complexity index is 1360. The van der Waals surface area contributed by atoms with Crippen LogP contribution in [0.25, 0.3) is 15.3 Å². The van der Waals surface area contributed by atoms with Crippen molar-refractivity contribution in [3.8, 4) is 10.4 Å². The Labute approximate surface area is 210 Å². The molecule has 184 valence electrons. The average molecular weight is 514 g/mol. The smallest absolute Gasteiger partial charge is 0.261 e. The number of nitrogens with zero attached hydrogens (tertiary/aromatic N) is 5. The maximum Gasteiger partial charge on any atom is 0.261 e. The molecule has 1 aliphatic heterocycles. The summed E-state index contributed by atoms with van der Waals surface area (Å²) >= 11 is 2.74. The van der Waals surface area contributed by atoms with Gasteiger partial charge in [-0.15, -0.1) is 22.7 Å². The van der Waals surface area contributed by atoms with Gasteiger partial charge in [0.05, 0.1) is 38.8 Å². The Morgan fingerprint density at radius 2 is 1.94 bits per heavy atom. The Morgan fingerprint density at radius 3 is 2.69 bits per heavy atom. The van der Waals surface area contributed by atoms with Gasteiger partial charge in [-0.2, -0.15) is 10.2 Å². The van der Waals surface area contributed by atoms with Gasteiger partial charge in [-0.1, -0.05) is 0 Å². The first-order valence-corrected chi connectivity index (χ1v) is 13.1. The van der Waals surface area contributed by atoms with E-state index in [1.165, 1.54) is 22.7 Å². The van der Waals surface area contributed by atoms with Crippen LogP contribution in [-0.2, 0) is 7.05 Å². The second-order valence-corrected chi connectivity index (χ2v) is 10.8. The first kappa shape index (κ1) is 23.7. The number of hydrogen-bond donors (Lipinski definition) is 3. The number of rotatable bonds is 7. The van der Waals surface area contributed by atoms with Gasteiger partial charge < -0.3 is 20.6 Å². The maximum atomic E-state index is 13.0. The van der Waals surface area contributed by atoms with Crippen LogP contribution in [0.1, 0.15) is 38.4 Å². The third kappa shape index (κ3) is 5.15. The molecule has 5 heterocycles. The molecule has 1 fully saturated rings. The van der Waals surface area contributed by atoms with E-state index in [0.717, 1.165) is 53.3 Å². The number of aliphatic hydroxyl groups excluding tert-OH is 1. The van der Waals surface area contributed by atoms with Gasteiger partial charge in [-0.3, -0.25) is 14.3 Å². The minimum atomic E-state index is -0.260. The van der Waals surface area contributed by atoms with E-state index in [9.17, 15) is 14.7 Å². The fraction of sp³-hybridized carbons (Fsp3) is 0.391. The fourth-order valence-corrected chi connectivity index (χ4v) is 6.09. The van der Waals surface area contributed by atoms with Crippen molar-refractivity contribution >= 4 is 44.3 Å². The van der Waals surface area contributed by atoms with Gasteiger partial charge in [0.25, 0.3) is 11.8 Å². The summed E-state index contributed by atoms with van der Waals surface area (Å²) < 4.78 is 3.43. The van der Waals surface area contributed by atoms with Crippen LogP contribution in [0.4, 0.5) is 5.00 Å². The molecule has 10 nitrogen and oxygen atoms in total. The van der Waals surface area contributed by atoms with E-state index in [4.69, 9.17) is 0 Å². The quantitative estimate of drug-likeness (QED) is 0.350. The van der Waals surface area contributed by atoms with Crippen molar-refractivity contribution in [2.45, 2.75) is 25.9 Å². The molecule has 0 aliphatic carbocycles. The number of nitrogens with one attached hydrogen (secondary N) is 2. The lowest BCUT2D eigenvalue weighted by atomic mass is 10.1. The van der Waals surface area contributed by atoms with E-state index in [2.05, 4.69) is 25.7 Å². The van der Waals surface area contributed by atoms with Crippen LogP contribution >= 0.6 is 22.7 Å². The lowest BCUT2D eigenvalue weighted by Gasteiger charge is -2.29. The minimum absolute atomic E-state index is 0.150. The molecule has 0 unspecified atom stereocenters. The highest BCUT2D eigenvalue weighted by atomic mass is 32.1. The normalized spacial score (nSPS) is 15.1. The molecule has 2 amide bonds. The fourth-order valence-electron chi connectivity index (χ4n) is 4.07. The number of aromatic nitrogens is 4. The summed E-state index contributed by atoms with van der Waals surface area (Å²) in [6.45, 7) is 4.87. The van der Waals surface area contributed by atoms with Crippen molar-refractivity contribution in [2.24, 2.45) is 7.05 Å². The van der Waals surface area contributed by atoms with Gasteiger partial charge in [-0.05, 0) is 31.4 Å². The summed E-state index contributed by atoms with van der Waals surface area (Å²) in [5.74, 6) is -0.410. The molecular weight excluding hydrogens is 486 g/mol. The molecule has 0 bridgehead atoms. The van der Waals surface area contributed by atoms with E-state index in [1.54, 1.807) is 27.7 Å². The van der Waals surface area contributed by atoms with Gasteiger partial charge in [-0.25, -0.2) is 4.52 Å². The SMILES string of the molecule is Cc1cc(C(=O)NCCN2CCC(O)CC2)sc1NC(=O)c1cnn2cc(-c3cnn(C)c3)sc12. The first-order chi connectivity index (χ1) is 16.9. The van der Waals surface area contributed by atoms with Crippen molar-refractivity contribution in [1.82, 2.24) is 29.6 Å².